The second-order valence-electron chi connectivity index (χ2n) is 4.75. The highest BCUT2D eigenvalue weighted by Crippen LogP contribution is 2.23. The van der Waals surface area contributed by atoms with Crippen LogP contribution in [0.3, 0.4) is 0 Å². The van der Waals surface area contributed by atoms with Crippen LogP contribution in [-0.2, 0) is 4.79 Å². The van der Waals surface area contributed by atoms with Crippen molar-refractivity contribution in [3.05, 3.63) is 28.2 Å². The zero-order valence-electron chi connectivity index (χ0n) is 11.0. The van der Waals surface area contributed by atoms with E-state index in [0.29, 0.717) is 18.9 Å². The van der Waals surface area contributed by atoms with Crippen LogP contribution in [0.4, 0.5) is 5.69 Å². The molecule has 1 aromatic rings. The molecule has 4 heteroatoms. The van der Waals surface area contributed by atoms with Crippen LogP contribution in [0.2, 0.25) is 0 Å². The first-order valence-electron chi connectivity index (χ1n) is 6.29. The molecule has 18 heavy (non-hydrogen) atoms. The molecule has 0 radical (unpaired) electrons. The molecule has 1 amide bonds. The predicted molar refractivity (Wildman–Crippen MR) is 79.6 cm³/mol. The van der Waals surface area contributed by atoms with Crippen LogP contribution in [0, 0.1) is 12.8 Å². The first kappa shape index (κ1) is 15.2. The normalized spacial score (nSPS) is 12.2. The molecular weight excluding hydrogens is 292 g/mol. The second kappa shape index (κ2) is 7.54. The van der Waals surface area contributed by atoms with Crippen LogP contribution in [0.15, 0.2) is 22.7 Å². The molecule has 0 aliphatic heterocycles. The van der Waals surface area contributed by atoms with Gasteiger partial charge in [-0.3, -0.25) is 4.79 Å². The summed E-state index contributed by atoms with van der Waals surface area (Å²) in [7, 11) is 0. The summed E-state index contributed by atoms with van der Waals surface area (Å²) in [6.45, 7) is 4.83. The van der Waals surface area contributed by atoms with Crippen LogP contribution < -0.4 is 11.1 Å². The smallest absolute Gasteiger partial charge is 0.224 e. The van der Waals surface area contributed by atoms with Gasteiger partial charge in [0.25, 0.3) is 0 Å². The lowest BCUT2D eigenvalue weighted by Gasteiger charge is -2.11. The van der Waals surface area contributed by atoms with Gasteiger partial charge in [0.2, 0.25) is 5.91 Å². The van der Waals surface area contributed by atoms with Crippen LogP contribution in [0.25, 0.3) is 0 Å². The fourth-order valence-electron chi connectivity index (χ4n) is 1.74. The maximum Gasteiger partial charge on any atom is 0.224 e. The van der Waals surface area contributed by atoms with Crippen molar-refractivity contribution >= 4 is 27.5 Å². The number of hydrogen-bond donors (Lipinski definition) is 2. The minimum atomic E-state index is 0.0587. The predicted octanol–water partition coefficient (Wildman–Crippen LogP) is 3.46. The maximum absolute atomic E-state index is 11.8. The number of anilines is 1. The molecule has 3 N–H and O–H groups in total. The molecule has 0 aromatic heterocycles. The molecule has 0 aliphatic carbocycles. The number of amides is 1. The second-order valence-corrected chi connectivity index (χ2v) is 5.61. The average Bonchev–Trinajstić information content (AvgIpc) is 2.31. The Morgan fingerprint density at radius 2 is 2.17 bits per heavy atom. The number of carbonyl (C=O) groups excluding carboxylic acids is 1. The molecule has 0 bridgehead atoms. The van der Waals surface area contributed by atoms with Gasteiger partial charge in [0.05, 0.1) is 5.69 Å². The van der Waals surface area contributed by atoms with Gasteiger partial charge in [0, 0.05) is 10.9 Å². The largest absolute Gasteiger partial charge is 0.330 e. The Morgan fingerprint density at radius 1 is 1.44 bits per heavy atom. The maximum atomic E-state index is 11.8. The summed E-state index contributed by atoms with van der Waals surface area (Å²) in [4.78, 5) is 11.8. The van der Waals surface area contributed by atoms with E-state index in [0.717, 1.165) is 28.6 Å². The van der Waals surface area contributed by atoms with E-state index in [9.17, 15) is 4.79 Å². The van der Waals surface area contributed by atoms with E-state index >= 15 is 0 Å². The molecule has 1 atom stereocenters. The number of aryl methyl sites for hydroxylation is 1. The minimum Gasteiger partial charge on any atom is -0.330 e. The van der Waals surface area contributed by atoms with Gasteiger partial charge in [0.15, 0.2) is 0 Å². The minimum absolute atomic E-state index is 0.0587. The molecule has 1 aromatic carbocycles. The van der Waals surface area contributed by atoms with Gasteiger partial charge in [-0.1, -0.05) is 13.0 Å². The van der Waals surface area contributed by atoms with E-state index in [4.69, 9.17) is 5.73 Å². The Kier molecular flexibility index (Phi) is 6.36. The summed E-state index contributed by atoms with van der Waals surface area (Å²) in [5.41, 5.74) is 7.48. The number of halogens is 1. The van der Waals surface area contributed by atoms with E-state index in [1.807, 2.05) is 25.1 Å². The van der Waals surface area contributed by atoms with Gasteiger partial charge in [-0.25, -0.2) is 0 Å². The van der Waals surface area contributed by atoms with E-state index < -0.39 is 0 Å². The molecule has 0 spiro atoms. The topological polar surface area (TPSA) is 55.1 Å². The Hall–Kier alpha value is -0.870. The monoisotopic (exact) mass is 312 g/mol. The Bertz CT molecular complexity index is 407. The van der Waals surface area contributed by atoms with E-state index in [1.54, 1.807) is 0 Å². The summed E-state index contributed by atoms with van der Waals surface area (Å²) >= 11 is 3.45. The van der Waals surface area contributed by atoms with Crippen molar-refractivity contribution in [2.45, 2.75) is 33.1 Å². The lowest BCUT2D eigenvalue weighted by atomic mass is 10.0. The van der Waals surface area contributed by atoms with Crippen molar-refractivity contribution in [3.63, 3.8) is 0 Å². The van der Waals surface area contributed by atoms with E-state index in [1.165, 1.54) is 0 Å². The van der Waals surface area contributed by atoms with Gasteiger partial charge in [-0.2, -0.15) is 0 Å². The molecule has 0 heterocycles. The third kappa shape index (κ3) is 5.19. The third-order valence-corrected chi connectivity index (χ3v) is 3.58. The third-order valence-electron chi connectivity index (χ3n) is 2.92. The number of nitrogens with one attached hydrogen (secondary N) is 1. The zero-order valence-corrected chi connectivity index (χ0v) is 12.6. The van der Waals surface area contributed by atoms with E-state index in [2.05, 4.69) is 28.2 Å². The quantitative estimate of drug-likeness (QED) is 0.845. The van der Waals surface area contributed by atoms with Gasteiger partial charge >= 0.3 is 0 Å². The van der Waals surface area contributed by atoms with Crippen LogP contribution in [0.5, 0.6) is 0 Å². The first-order chi connectivity index (χ1) is 8.52. The summed E-state index contributed by atoms with van der Waals surface area (Å²) in [6.07, 6.45) is 2.40. The average molecular weight is 313 g/mol. The van der Waals surface area contributed by atoms with Crippen molar-refractivity contribution in [3.8, 4) is 0 Å². The molecule has 100 valence electrons. The lowest BCUT2D eigenvalue weighted by Crippen LogP contribution is -2.14. The molecule has 0 aliphatic rings. The number of benzene rings is 1. The van der Waals surface area contributed by atoms with Gasteiger partial charge < -0.3 is 11.1 Å². The molecular formula is C14H21BrN2O. The van der Waals surface area contributed by atoms with Crippen LogP contribution >= 0.6 is 15.9 Å². The zero-order chi connectivity index (χ0) is 13.5. The lowest BCUT2D eigenvalue weighted by molar-refractivity contribution is -0.116. The van der Waals surface area contributed by atoms with Gasteiger partial charge in [0.1, 0.15) is 0 Å². The fourth-order valence-corrected chi connectivity index (χ4v) is 2.33. The molecule has 1 rings (SSSR count). The van der Waals surface area contributed by atoms with Crippen molar-refractivity contribution in [2.24, 2.45) is 11.7 Å². The highest BCUT2D eigenvalue weighted by Gasteiger charge is 2.08. The number of rotatable bonds is 6. The number of carbonyl (C=O) groups is 1. The Balaban J connectivity index is 2.44. The molecule has 1 unspecified atom stereocenters. The highest BCUT2D eigenvalue weighted by atomic mass is 79.9. The highest BCUT2D eigenvalue weighted by molar-refractivity contribution is 9.10. The van der Waals surface area contributed by atoms with E-state index in [-0.39, 0.29) is 5.91 Å². The van der Waals surface area contributed by atoms with Gasteiger partial charge in [-0.05, 0) is 65.9 Å². The Morgan fingerprint density at radius 3 is 2.78 bits per heavy atom. The molecule has 0 saturated carbocycles. The Labute approximate surface area is 117 Å². The first-order valence-corrected chi connectivity index (χ1v) is 7.08. The molecule has 0 fully saturated rings. The SMILES string of the molecule is Cc1ccc(NC(=O)CCC(C)CCN)c(Br)c1. The van der Waals surface area contributed by atoms with Crippen molar-refractivity contribution in [1.29, 1.82) is 0 Å². The molecule has 3 nitrogen and oxygen atoms in total. The van der Waals surface area contributed by atoms with Gasteiger partial charge in [-0.15, -0.1) is 0 Å². The fraction of sp³-hybridized carbons (Fsp3) is 0.500. The van der Waals surface area contributed by atoms with Crippen molar-refractivity contribution < 1.29 is 4.79 Å². The molecule has 0 saturated heterocycles. The summed E-state index contributed by atoms with van der Waals surface area (Å²) in [5, 5.41) is 2.92. The summed E-state index contributed by atoms with van der Waals surface area (Å²) < 4.78 is 0.922. The van der Waals surface area contributed by atoms with Crippen LogP contribution in [0.1, 0.15) is 31.7 Å². The number of hydrogen-bond acceptors (Lipinski definition) is 2. The van der Waals surface area contributed by atoms with Crippen molar-refractivity contribution in [2.75, 3.05) is 11.9 Å². The van der Waals surface area contributed by atoms with Crippen LogP contribution in [-0.4, -0.2) is 12.5 Å². The summed E-state index contributed by atoms with van der Waals surface area (Å²) in [6, 6.07) is 5.89. The number of nitrogens with two attached hydrogens (primary N) is 1. The standard InChI is InChI=1S/C14H21BrN2O/c1-10(7-8-16)4-6-14(18)17-13-5-3-11(2)9-12(13)15/h3,5,9-10H,4,6-8,16H2,1-2H3,(H,17,18). The van der Waals surface area contributed by atoms with Crippen molar-refractivity contribution in [1.82, 2.24) is 0 Å². The summed E-state index contributed by atoms with van der Waals surface area (Å²) in [5.74, 6) is 0.561.